The van der Waals surface area contributed by atoms with Gasteiger partial charge in [-0.3, -0.25) is 19.5 Å². The lowest BCUT2D eigenvalue weighted by atomic mass is 9.79. The fourth-order valence-corrected chi connectivity index (χ4v) is 19.0. The Balaban J connectivity index is 0.000000118. The van der Waals surface area contributed by atoms with Crippen molar-refractivity contribution >= 4 is 229 Å². The minimum absolute atomic E-state index is 0.0309. The van der Waals surface area contributed by atoms with E-state index in [9.17, 15) is 36.3 Å². The predicted molar refractivity (Wildman–Crippen MR) is 429 cm³/mol. The van der Waals surface area contributed by atoms with Gasteiger partial charge in [-0.25, -0.2) is 50.7 Å². The lowest BCUT2D eigenvalue weighted by Gasteiger charge is -2.32. The summed E-state index contributed by atoms with van der Waals surface area (Å²) in [7, 11) is -0.437. The van der Waals surface area contributed by atoms with Crippen LogP contribution in [0.3, 0.4) is 0 Å². The van der Waals surface area contributed by atoms with Crippen LogP contribution in [0.15, 0.2) is 92.3 Å². The van der Waals surface area contributed by atoms with Crippen molar-refractivity contribution in [3.05, 3.63) is 110 Å². The van der Waals surface area contributed by atoms with Crippen LogP contribution >= 0.6 is 120 Å². The summed E-state index contributed by atoms with van der Waals surface area (Å²) in [5.74, 6) is -4.11. The molecule has 36 heteroatoms. The Morgan fingerprint density at radius 3 is 1.41 bits per heavy atom. The lowest BCUT2D eigenvalue weighted by Crippen LogP contribution is -2.41. The van der Waals surface area contributed by atoms with E-state index in [-0.39, 0.29) is 58.1 Å². The second-order valence-corrected chi connectivity index (χ2v) is 35.3. The number of amides is 3. The van der Waals surface area contributed by atoms with Crippen LogP contribution in [0.2, 0.25) is 15.1 Å². The molecular weight excluding hydrogens is 1660 g/mol. The summed E-state index contributed by atoms with van der Waals surface area (Å²) in [5, 5.41) is 27.9. The van der Waals surface area contributed by atoms with E-state index in [0.29, 0.717) is 91.9 Å². The van der Waals surface area contributed by atoms with Crippen molar-refractivity contribution in [1.82, 2.24) is 44.7 Å². The summed E-state index contributed by atoms with van der Waals surface area (Å²) in [6, 6.07) is 16.7. The molecule has 0 radical (unpaired) electrons. The van der Waals surface area contributed by atoms with E-state index in [2.05, 4.69) is 62.1 Å². The predicted octanol–water partition coefficient (Wildman–Crippen LogP) is 20.4. The second kappa shape index (κ2) is 31.6. The Hall–Kier alpha value is -6.31. The monoisotopic (exact) mass is 1720 g/mol. The number of rotatable bonds is 14. The Labute approximate surface area is 668 Å². The van der Waals surface area contributed by atoms with Gasteiger partial charge in [0.05, 0.1) is 106 Å². The highest BCUT2D eigenvalue weighted by Crippen LogP contribution is 2.48. The standard InChI is InChI=1S/C24H21ClF2N4O2S2.C19H13ClF2N4OS2.C17H20BFN2O3S.C13H13BrClFN2OS/c1-34-22-20(27)19(25)18(13-10-31(30-21(13)22)17-4-2-3-7-33-17)11-5-6-15-16(8-11)35-24(28-15)29-23(32)12-9-14(12)26;1-28-17-15(22)14(20)13(9-6-23-26-16(9)17)7-2-3-11-12(4-7)29-19(24-11)25-18(27)8-5-10(8)21;1-16(2)17(3,4)24-18(23-16)9-5-6-12-13(7-9)25-15(20-12)21-14(22)10-8-11(10)19;1-20-13-11(16)10(15)9(14)7-6-18(17-12(7)13)8-4-2-3-5-19-8/h5-6,8,10,12,14,17H,2-4,7,9H2,1H3,(H,28,29,32);2-4,6,8,10H,5H2,1H3,(H,23,26)(H,24,25,27);5-7,10-11H,8H2,1-4H3,(H,20,21,22);6,8H,2-5H2,1H3/t12-,14+,17?;8-,10+;10-,11+;/m111./s1. The molecule has 6 aromatic carbocycles. The number of hydrogen-bond acceptors (Lipinski definition) is 19. The third kappa shape index (κ3) is 15.7. The quantitative estimate of drug-likeness (QED) is 0.0343. The smallest absolute Gasteiger partial charge is 0.399 e. The molecule has 109 heavy (non-hydrogen) atoms. The van der Waals surface area contributed by atoms with Crippen LogP contribution in [-0.4, -0.2) is 131 Å². The first-order valence-corrected chi connectivity index (χ1v) is 42.8. The molecule has 0 spiro atoms. The normalized spacial score (nSPS) is 21.8. The second-order valence-electron chi connectivity index (χ2n) is 27.9. The van der Waals surface area contributed by atoms with Gasteiger partial charge in [0.25, 0.3) is 0 Å². The fourth-order valence-electron chi connectivity index (χ4n) is 13.0. The van der Waals surface area contributed by atoms with Crippen LogP contribution in [0.1, 0.15) is 97.9 Å². The number of hydrogen-bond donors (Lipinski definition) is 4. The van der Waals surface area contributed by atoms with Gasteiger partial charge < -0.3 is 34.7 Å². The number of H-pyrrole nitrogens is 1. The van der Waals surface area contributed by atoms with E-state index in [0.717, 1.165) is 91.9 Å². The SMILES string of the molecule is CC1(C)OB(c2ccc3nc(NC(=O)[C@@H]4C[C@@H]4F)sc3c2)OC1(C)C.CSc1c(F)c(Cl)c(-c2ccc3nc(NC(=O)[C@@H]4C[C@@H]4F)sc3c2)c2cn(C3CCCCO3)nc12.CSc1c(F)c(Cl)c(-c2ccc3nc(NC(=O)[C@@H]4C[C@@H]4F)sc3c2)c2cn[nH]c12.CSc1c(F)c(Cl)c(Br)c2cn(C3CCCCO3)nc12. The van der Waals surface area contributed by atoms with Gasteiger partial charge in [0, 0.05) is 52.9 Å². The van der Waals surface area contributed by atoms with E-state index in [1.165, 1.54) is 69.3 Å². The molecule has 3 amide bonds. The molecule has 19 nitrogen and oxygen atoms in total. The number of anilines is 3. The van der Waals surface area contributed by atoms with E-state index < -0.39 is 72.0 Å². The van der Waals surface area contributed by atoms with Crippen molar-refractivity contribution in [2.45, 2.75) is 142 Å². The molecule has 4 N–H and O–H groups in total. The molecule has 3 aliphatic heterocycles. The zero-order chi connectivity index (χ0) is 76.8. The molecule has 18 rings (SSSR count). The van der Waals surface area contributed by atoms with Gasteiger partial charge in [0.2, 0.25) is 17.7 Å². The number of aromatic amines is 1. The minimum Gasteiger partial charge on any atom is -0.399 e. The lowest BCUT2D eigenvalue weighted by molar-refractivity contribution is -0.118. The molecule has 2 unspecified atom stereocenters. The number of thiazole rings is 3. The molecule has 0 bridgehead atoms. The number of ether oxygens (including phenoxy) is 2. The molecule has 3 saturated carbocycles. The highest BCUT2D eigenvalue weighted by molar-refractivity contribution is 9.10. The van der Waals surface area contributed by atoms with Gasteiger partial charge in [-0.1, -0.05) is 87.0 Å². The van der Waals surface area contributed by atoms with Crippen LogP contribution in [0.25, 0.3) is 85.6 Å². The average molecular weight is 1730 g/mol. The number of thioether (sulfide) groups is 3. The van der Waals surface area contributed by atoms with E-state index in [4.69, 9.17) is 58.7 Å². The number of nitrogens with one attached hydrogen (secondary N) is 4. The number of benzene rings is 6. The number of halogens is 10. The van der Waals surface area contributed by atoms with Gasteiger partial charge in [-0.2, -0.15) is 15.3 Å². The number of fused-ring (bicyclic) bond motifs is 6. The van der Waals surface area contributed by atoms with Gasteiger partial charge in [0.15, 0.2) is 32.8 Å². The first-order valence-electron chi connectivity index (χ1n) is 34.8. The van der Waals surface area contributed by atoms with Gasteiger partial charge in [0.1, 0.15) is 42.0 Å². The Kier molecular flexibility index (Phi) is 22.6. The molecule has 3 saturated heterocycles. The van der Waals surface area contributed by atoms with Crippen LogP contribution in [0.5, 0.6) is 0 Å². The highest BCUT2D eigenvalue weighted by Gasteiger charge is 2.52. The third-order valence-electron chi connectivity index (χ3n) is 20.0. The highest BCUT2D eigenvalue weighted by atomic mass is 79.9. The Bertz CT molecular complexity index is 5570. The summed E-state index contributed by atoms with van der Waals surface area (Å²) in [6.07, 6.45) is 14.3. The van der Waals surface area contributed by atoms with E-state index in [1.807, 2.05) is 88.8 Å². The molecule has 6 aliphatic rings. The Morgan fingerprint density at radius 1 is 0.578 bits per heavy atom. The molecule has 570 valence electrons. The van der Waals surface area contributed by atoms with Gasteiger partial charge in [-0.05, 0) is 173 Å². The van der Waals surface area contributed by atoms with Crippen molar-refractivity contribution < 1.29 is 59.5 Å². The summed E-state index contributed by atoms with van der Waals surface area (Å²) in [6.45, 7) is 9.48. The molecular formula is C73H67BBrCl3F6N12O7S6. The maximum Gasteiger partial charge on any atom is 0.494 e. The third-order valence-corrected chi connectivity index (χ3v) is 27.3. The summed E-state index contributed by atoms with van der Waals surface area (Å²) in [4.78, 5) is 50.4. The molecule has 8 atom stereocenters. The minimum atomic E-state index is -1.07. The number of alkyl halides is 3. The maximum atomic E-state index is 15.4. The molecule has 6 fully saturated rings. The molecule has 9 heterocycles. The van der Waals surface area contributed by atoms with E-state index >= 15 is 4.39 Å². The number of aromatic nitrogens is 9. The van der Waals surface area contributed by atoms with Crippen molar-refractivity contribution in [2.24, 2.45) is 17.8 Å². The summed E-state index contributed by atoms with van der Waals surface area (Å²) >= 11 is 30.2. The summed E-state index contributed by atoms with van der Waals surface area (Å²) in [5.41, 5.74) is 6.57. The average Bonchev–Trinajstić information content (AvgIpc) is 1.62. The largest absolute Gasteiger partial charge is 0.494 e. The zero-order valence-electron chi connectivity index (χ0n) is 59.1. The first kappa shape index (κ1) is 78.0. The summed E-state index contributed by atoms with van der Waals surface area (Å²) < 4.78 is 114. The first-order chi connectivity index (χ1) is 52.2. The van der Waals surface area contributed by atoms with Gasteiger partial charge >= 0.3 is 7.12 Å². The van der Waals surface area contributed by atoms with Crippen LogP contribution < -0.4 is 21.4 Å². The molecule has 12 aromatic rings. The number of nitrogens with zero attached hydrogens (tertiary/aromatic N) is 8. The van der Waals surface area contributed by atoms with Crippen molar-refractivity contribution in [2.75, 3.05) is 47.9 Å². The van der Waals surface area contributed by atoms with Crippen LogP contribution in [0, 0.1) is 35.2 Å². The number of carbonyl (C=O) groups is 3. The van der Waals surface area contributed by atoms with Crippen molar-refractivity contribution in [1.29, 1.82) is 0 Å². The molecule has 6 aromatic heterocycles. The molecule has 3 aliphatic carbocycles. The van der Waals surface area contributed by atoms with Crippen LogP contribution in [0.4, 0.5) is 41.7 Å². The maximum absolute atomic E-state index is 15.4. The van der Waals surface area contributed by atoms with Crippen molar-refractivity contribution in [3.8, 4) is 22.3 Å². The van der Waals surface area contributed by atoms with Gasteiger partial charge in [-0.15, -0.1) is 35.3 Å². The van der Waals surface area contributed by atoms with E-state index in [1.54, 1.807) is 40.2 Å². The zero-order valence-corrected chi connectivity index (χ0v) is 67.8. The topological polar surface area (TPSA) is 227 Å². The van der Waals surface area contributed by atoms with Crippen molar-refractivity contribution in [3.63, 3.8) is 0 Å². The number of carbonyl (C=O) groups excluding carboxylic acids is 3. The fraction of sp³-hybridized carbons (Fsp3) is 0.384. The van der Waals surface area contributed by atoms with Crippen LogP contribution in [-0.2, 0) is 33.2 Å². The Morgan fingerprint density at radius 2 is 0.982 bits per heavy atom.